The topological polar surface area (TPSA) is 41.1 Å². The van der Waals surface area contributed by atoms with Crippen molar-refractivity contribution >= 4 is 33.4 Å². The number of amides is 1. The Balaban J connectivity index is 1.96. The lowest BCUT2D eigenvalue weighted by Crippen LogP contribution is -2.48. The van der Waals surface area contributed by atoms with Gasteiger partial charge in [-0.2, -0.15) is 0 Å². The summed E-state index contributed by atoms with van der Waals surface area (Å²) in [6.07, 6.45) is 0. The van der Waals surface area contributed by atoms with Gasteiger partial charge in [0.1, 0.15) is 0 Å². The van der Waals surface area contributed by atoms with Gasteiger partial charge in [0.25, 0.3) is 5.91 Å². The van der Waals surface area contributed by atoms with E-state index in [2.05, 4.69) is 26.6 Å². The molecule has 1 amide bonds. The summed E-state index contributed by atoms with van der Waals surface area (Å²) in [7, 11) is 0. The van der Waals surface area contributed by atoms with E-state index < -0.39 is 0 Å². The van der Waals surface area contributed by atoms with Gasteiger partial charge in [-0.15, -0.1) is 0 Å². The van der Waals surface area contributed by atoms with Crippen LogP contribution < -0.4 is 10.6 Å². The van der Waals surface area contributed by atoms with Gasteiger partial charge in [0.05, 0.1) is 5.56 Å². The van der Waals surface area contributed by atoms with Gasteiger partial charge in [0.2, 0.25) is 0 Å². The fraction of sp³-hybridized carbons (Fsp3) is 0.364. The molecule has 3 nitrogen and oxygen atoms in total. The van der Waals surface area contributed by atoms with Crippen LogP contribution in [0.15, 0.2) is 22.7 Å². The number of carbonyl (C=O) groups is 1. The molecule has 0 aliphatic carbocycles. The number of nitrogens with one attached hydrogen (secondary N) is 2. The van der Waals surface area contributed by atoms with Gasteiger partial charge in [-0.05, 0) is 34.1 Å². The second-order valence-electron chi connectivity index (χ2n) is 3.86. The number of benzene rings is 1. The molecule has 2 rings (SSSR count). The van der Waals surface area contributed by atoms with Crippen LogP contribution in [0.4, 0.5) is 0 Å². The summed E-state index contributed by atoms with van der Waals surface area (Å²) < 4.78 is 0.726. The smallest absolute Gasteiger partial charge is 0.252 e. The first-order valence-corrected chi connectivity index (χ1v) is 6.28. The van der Waals surface area contributed by atoms with E-state index in [1.54, 1.807) is 18.2 Å². The van der Waals surface area contributed by atoms with E-state index in [1.165, 1.54) is 0 Å². The summed E-state index contributed by atoms with van der Waals surface area (Å²) in [6.45, 7) is 2.70. The van der Waals surface area contributed by atoms with Gasteiger partial charge >= 0.3 is 0 Å². The Morgan fingerprint density at radius 2 is 2.31 bits per heavy atom. The molecule has 0 atom stereocenters. The average Bonchev–Trinajstić information content (AvgIpc) is 2.14. The molecule has 5 heteroatoms. The maximum Gasteiger partial charge on any atom is 0.252 e. The Morgan fingerprint density at radius 3 is 2.88 bits per heavy atom. The third kappa shape index (κ3) is 2.75. The zero-order valence-electron chi connectivity index (χ0n) is 8.59. The van der Waals surface area contributed by atoms with Crippen molar-refractivity contribution in [2.45, 2.75) is 0 Å². The molecule has 0 spiro atoms. The minimum atomic E-state index is -0.0598. The van der Waals surface area contributed by atoms with Crippen LogP contribution in [0.1, 0.15) is 10.4 Å². The maximum atomic E-state index is 11.8. The molecule has 0 aromatic heterocycles. The van der Waals surface area contributed by atoms with Crippen molar-refractivity contribution in [2.75, 3.05) is 19.6 Å². The molecule has 16 heavy (non-hydrogen) atoms. The molecule has 0 saturated carbocycles. The van der Waals surface area contributed by atoms with Crippen molar-refractivity contribution in [1.29, 1.82) is 0 Å². The Labute approximate surface area is 108 Å². The molecule has 0 bridgehead atoms. The zero-order valence-corrected chi connectivity index (χ0v) is 10.9. The van der Waals surface area contributed by atoms with E-state index in [1.807, 2.05) is 0 Å². The predicted molar refractivity (Wildman–Crippen MR) is 67.8 cm³/mol. The molecule has 1 aliphatic heterocycles. The lowest BCUT2D eigenvalue weighted by Gasteiger charge is -2.27. The molecule has 2 N–H and O–H groups in total. The number of hydrogen-bond donors (Lipinski definition) is 2. The molecule has 1 fully saturated rings. The van der Waals surface area contributed by atoms with Crippen LogP contribution in [0.2, 0.25) is 5.02 Å². The number of halogens is 2. The highest BCUT2D eigenvalue weighted by Crippen LogP contribution is 2.21. The highest BCUT2D eigenvalue weighted by molar-refractivity contribution is 9.10. The van der Waals surface area contributed by atoms with Crippen molar-refractivity contribution in [3.8, 4) is 0 Å². The highest BCUT2D eigenvalue weighted by Gasteiger charge is 2.18. The van der Waals surface area contributed by atoms with E-state index >= 15 is 0 Å². The van der Waals surface area contributed by atoms with Crippen molar-refractivity contribution in [3.63, 3.8) is 0 Å². The molecule has 1 aromatic rings. The predicted octanol–water partition coefficient (Wildman–Crippen LogP) is 2.05. The van der Waals surface area contributed by atoms with Crippen LogP contribution in [0.25, 0.3) is 0 Å². The van der Waals surface area contributed by atoms with E-state index in [4.69, 9.17) is 11.6 Å². The molecule has 1 aromatic carbocycles. The van der Waals surface area contributed by atoms with E-state index in [0.717, 1.165) is 24.1 Å². The van der Waals surface area contributed by atoms with E-state index in [0.29, 0.717) is 16.5 Å². The minimum absolute atomic E-state index is 0.0598. The zero-order chi connectivity index (χ0) is 11.5. The Morgan fingerprint density at radius 1 is 1.56 bits per heavy atom. The lowest BCUT2D eigenvalue weighted by molar-refractivity contribution is 0.0941. The molecule has 1 heterocycles. The monoisotopic (exact) mass is 302 g/mol. The largest absolute Gasteiger partial charge is 0.352 e. The lowest BCUT2D eigenvalue weighted by atomic mass is 10.0. The second kappa shape index (κ2) is 5.17. The molecule has 1 saturated heterocycles. The van der Waals surface area contributed by atoms with Crippen LogP contribution in [0.5, 0.6) is 0 Å². The fourth-order valence-electron chi connectivity index (χ4n) is 1.50. The van der Waals surface area contributed by atoms with Gasteiger partial charge in [-0.1, -0.05) is 11.6 Å². The quantitative estimate of drug-likeness (QED) is 0.897. The Kier molecular flexibility index (Phi) is 3.84. The van der Waals surface area contributed by atoms with E-state index in [9.17, 15) is 4.79 Å². The Bertz CT molecular complexity index is 407. The van der Waals surface area contributed by atoms with Gasteiger partial charge in [0, 0.05) is 35.0 Å². The minimum Gasteiger partial charge on any atom is -0.352 e. The van der Waals surface area contributed by atoms with Gasteiger partial charge < -0.3 is 10.6 Å². The van der Waals surface area contributed by atoms with Gasteiger partial charge in [-0.3, -0.25) is 4.79 Å². The Hall–Kier alpha value is -0.580. The average molecular weight is 304 g/mol. The van der Waals surface area contributed by atoms with Gasteiger partial charge in [-0.25, -0.2) is 0 Å². The first kappa shape index (κ1) is 11.9. The van der Waals surface area contributed by atoms with Crippen LogP contribution in [-0.2, 0) is 0 Å². The summed E-state index contributed by atoms with van der Waals surface area (Å²) in [5.74, 6) is 0.505. The summed E-state index contributed by atoms with van der Waals surface area (Å²) in [4.78, 5) is 11.8. The number of carbonyl (C=O) groups excluding carboxylic acids is 1. The molecular formula is C11H12BrClN2O. The third-order valence-electron chi connectivity index (χ3n) is 2.59. The molecule has 0 radical (unpaired) electrons. The summed E-state index contributed by atoms with van der Waals surface area (Å²) in [5, 5.41) is 6.69. The van der Waals surface area contributed by atoms with Crippen molar-refractivity contribution < 1.29 is 4.79 Å². The first-order chi connectivity index (χ1) is 7.66. The van der Waals surface area contributed by atoms with Crippen LogP contribution >= 0.6 is 27.5 Å². The van der Waals surface area contributed by atoms with Crippen LogP contribution in [-0.4, -0.2) is 25.5 Å². The van der Waals surface area contributed by atoms with Crippen molar-refractivity contribution in [1.82, 2.24) is 10.6 Å². The van der Waals surface area contributed by atoms with Crippen LogP contribution in [0, 0.1) is 5.92 Å². The standard InChI is InChI=1S/C11H12BrClN2O/c12-10-3-8(13)1-2-9(10)11(16)15-6-7-4-14-5-7/h1-3,7,14H,4-6H2,(H,15,16). The normalized spacial score (nSPS) is 15.6. The summed E-state index contributed by atoms with van der Waals surface area (Å²) >= 11 is 9.14. The fourth-order valence-corrected chi connectivity index (χ4v) is 2.36. The summed E-state index contributed by atoms with van der Waals surface area (Å²) in [5.41, 5.74) is 0.622. The van der Waals surface area contributed by atoms with Crippen LogP contribution in [0.3, 0.4) is 0 Å². The van der Waals surface area contributed by atoms with E-state index in [-0.39, 0.29) is 5.91 Å². The summed E-state index contributed by atoms with van der Waals surface area (Å²) in [6, 6.07) is 5.16. The number of hydrogen-bond acceptors (Lipinski definition) is 2. The number of rotatable bonds is 3. The van der Waals surface area contributed by atoms with Gasteiger partial charge in [0.15, 0.2) is 0 Å². The third-order valence-corrected chi connectivity index (χ3v) is 3.48. The SMILES string of the molecule is O=C(NCC1CNC1)c1ccc(Cl)cc1Br. The van der Waals surface area contributed by atoms with Crippen molar-refractivity contribution in [2.24, 2.45) is 5.92 Å². The maximum absolute atomic E-state index is 11.8. The molecule has 0 unspecified atom stereocenters. The van der Waals surface area contributed by atoms with Crippen molar-refractivity contribution in [3.05, 3.63) is 33.3 Å². The first-order valence-electron chi connectivity index (χ1n) is 5.11. The highest BCUT2D eigenvalue weighted by atomic mass is 79.9. The molecular weight excluding hydrogens is 291 g/mol. The second-order valence-corrected chi connectivity index (χ2v) is 5.15. The molecule has 1 aliphatic rings. The molecule has 86 valence electrons.